The average molecular weight is 205 g/mol. The zero-order valence-corrected chi connectivity index (χ0v) is 9.71. The van der Waals surface area contributed by atoms with E-state index in [1.807, 2.05) is 45.0 Å². The van der Waals surface area contributed by atoms with Crippen molar-refractivity contribution in [3.05, 3.63) is 35.4 Å². The Bertz CT molecular complexity index is 353. The number of nitrogens with two attached hydrogens (primary N) is 1. The monoisotopic (exact) mass is 205 g/mol. The Labute approximate surface area is 91.5 Å². The highest BCUT2D eigenvalue weighted by molar-refractivity contribution is 5.87. The highest BCUT2D eigenvalue weighted by Gasteiger charge is 2.35. The number of primary amides is 1. The Morgan fingerprint density at radius 1 is 1.27 bits per heavy atom. The fraction of sp³-hybridized carbons (Fsp3) is 0.462. The second kappa shape index (κ2) is 4.47. The summed E-state index contributed by atoms with van der Waals surface area (Å²) >= 11 is 0. The fourth-order valence-electron chi connectivity index (χ4n) is 2.22. The van der Waals surface area contributed by atoms with Crippen molar-refractivity contribution in [3.63, 3.8) is 0 Å². The van der Waals surface area contributed by atoms with E-state index in [-0.39, 0.29) is 5.91 Å². The molecule has 15 heavy (non-hydrogen) atoms. The minimum atomic E-state index is -0.495. The molecule has 0 atom stereocenters. The first-order valence-corrected chi connectivity index (χ1v) is 5.44. The van der Waals surface area contributed by atoms with E-state index in [1.165, 1.54) is 0 Å². The maximum Gasteiger partial charge on any atom is 0.228 e. The van der Waals surface area contributed by atoms with Gasteiger partial charge in [0, 0.05) is 0 Å². The van der Waals surface area contributed by atoms with E-state index in [4.69, 9.17) is 5.73 Å². The van der Waals surface area contributed by atoms with Crippen LogP contribution in [0.15, 0.2) is 24.3 Å². The molecule has 0 unspecified atom stereocenters. The van der Waals surface area contributed by atoms with Crippen molar-refractivity contribution in [1.29, 1.82) is 0 Å². The molecule has 1 aromatic carbocycles. The third-order valence-electron chi connectivity index (χ3n) is 3.34. The number of aryl methyl sites for hydroxylation is 1. The Kier molecular flexibility index (Phi) is 3.51. The van der Waals surface area contributed by atoms with Crippen LogP contribution in [0.5, 0.6) is 0 Å². The highest BCUT2D eigenvalue weighted by atomic mass is 16.1. The SMILES string of the molecule is CCC(CC)(C(N)=O)c1ccccc1C. The topological polar surface area (TPSA) is 43.1 Å². The number of hydrogen-bond donors (Lipinski definition) is 1. The van der Waals surface area contributed by atoms with Crippen LogP contribution in [0.1, 0.15) is 37.8 Å². The van der Waals surface area contributed by atoms with Crippen molar-refractivity contribution in [2.24, 2.45) is 5.73 Å². The summed E-state index contributed by atoms with van der Waals surface area (Å²) in [6.07, 6.45) is 1.51. The summed E-state index contributed by atoms with van der Waals surface area (Å²) in [5.41, 5.74) is 7.27. The molecule has 0 fully saturated rings. The van der Waals surface area contributed by atoms with Crippen LogP contribution in [0.3, 0.4) is 0 Å². The predicted molar refractivity (Wildman–Crippen MR) is 62.6 cm³/mol. The third-order valence-corrected chi connectivity index (χ3v) is 3.34. The molecule has 0 spiro atoms. The van der Waals surface area contributed by atoms with Crippen molar-refractivity contribution in [2.45, 2.75) is 39.0 Å². The van der Waals surface area contributed by atoms with E-state index >= 15 is 0 Å². The Balaban J connectivity index is 3.33. The van der Waals surface area contributed by atoms with Gasteiger partial charge in [0.25, 0.3) is 0 Å². The first-order chi connectivity index (χ1) is 7.08. The van der Waals surface area contributed by atoms with Gasteiger partial charge in [-0.2, -0.15) is 0 Å². The molecule has 1 aromatic rings. The lowest BCUT2D eigenvalue weighted by Gasteiger charge is -2.30. The zero-order valence-electron chi connectivity index (χ0n) is 9.71. The van der Waals surface area contributed by atoms with E-state index < -0.39 is 5.41 Å². The van der Waals surface area contributed by atoms with Crippen LogP contribution in [0.4, 0.5) is 0 Å². The summed E-state index contributed by atoms with van der Waals surface area (Å²) in [7, 11) is 0. The van der Waals surface area contributed by atoms with E-state index in [0.29, 0.717) is 0 Å². The first-order valence-electron chi connectivity index (χ1n) is 5.44. The summed E-state index contributed by atoms with van der Waals surface area (Å²) in [4.78, 5) is 11.7. The lowest BCUT2D eigenvalue weighted by Crippen LogP contribution is -2.40. The average Bonchev–Trinajstić information content (AvgIpc) is 2.22. The van der Waals surface area contributed by atoms with Gasteiger partial charge in [-0.1, -0.05) is 38.1 Å². The van der Waals surface area contributed by atoms with Crippen LogP contribution in [-0.4, -0.2) is 5.91 Å². The summed E-state index contributed by atoms with van der Waals surface area (Å²) in [5.74, 6) is -0.221. The van der Waals surface area contributed by atoms with Crippen LogP contribution in [0.2, 0.25) is 0 Å². The second-order valence-corrected chi connectivity index (χ2v) is 3.97. The first kappa shape index (κ1) is 11.8. The van der Waals surface area contributed by atoms with Crippen LogP contribution in [0, 0.1) is 6.92 Å². The minimum absolute atomic E-state index is 0.221. The van der Waals surface area contributed by atoms with Crippen LogP contribution in [-0.2, 0) is 10.2 Å². The van der Waals surface area contributed by atoms with Gasteiger partial charge in [-0.05, 0) is 30.9 Å². The predicted octanol–water partition coefficient (Wildman–Crippen LogP) is 2.54. The molecule has 0 bridgehead atoms. The summed E-state index contributed by atoms with van der Waals surface area (Å²) in [6.45, 7) is 6.06. The Morgan fingerprint density at radius 3 is 2.20 bits per heavy atom. The molecule has 0 saturated carbocycles. The highest BCUT2D eigenvalue weighted by Crippen LogP contribution is 2.33. The number of rotatable bonds is 4. The van der Waals surface area contributed by atoms with Gasteiger partial charge in [-0.15, -0.1) is 0 Å². The van der Waals surface area contributed by atoms with Crippen LogP contribution in [0.25, 0.3) is 0 Å². The molecule has 2 heteroatoms. The Hall–Kier alpha value is -1.31. The number of carbonyl (C=O) groups excluding carboxylic acids is 1. The van der Waals surface area contributed by atoms with Crippen molar-refractivity contribution < 1.29 is 4.79 Å². The molecule has 0 aromatic heterocycles. The van der Waals surface area contributed by atoms with E-state index in [1.54, 1.807) is 0 Å². The molecule has 0 aliphatic carbocycles. The standard InChI is InChI=1S/C13H19NO/c1-4-13(5-2,12(14)15)11-9-7-6-8-10(11)3/h6-9H,4-5H2,1-3H3,(H2,14,15). The van der Waals surface area contributed by atoms with Crippen molar-refractivity contribution in [1.82, 2.24) is 0 Å². The minimum Gasteiger partial charge on any atom is -0.369 e. The Morgan fingerprint density at radius 2 is 1.80 bits per heavy atom. The molecule has 1 rings (SSSR count). The van der Waals surface area contributed by atoms with E-state index in [0.717, 1.165) is 24.0 Å². The molecular formula is C13H19NO. The van der Waals surface area contributed by atoms with Gasteiger partial charge in [0.05, 0.1) is 5.41 Å². The number of hydrogen-bond acceptors (Lipinski definition) is 1. The largest absolute Gasteiger partial charge is 0.369 e. The normalized spacial score (nSPS) is 11.4. The van der Waals surface area contributed by atoms with Gasteiger partial charge in [0.2, 0.25) is 5.91 Å². The lowest BCUT2D eigenvalue weighted by molar-refractivity contribution is -0.123. The van der Waals surface area contributed by atoms with Gasteiger partial charge in [0.15, 0.2) is 0 Å². The molecular weight excluding hydrogens is 186 g/mol. The lowest BCUT2D eigenvalue weighted by atomic mass is 9.73. The van der Waals surface area contributed by atoms with Gasteiger partial charge in [0.1, 0.15) is 0 Å². The van der Waals surface area contributed by atoms with Crippen molar-refractivity contribution >= 4 is 5.91 Å². The van der Waals surface area contributed by atoms with Crippen molar-refractivity contribution in [2.75, 3.05) is 0 Å². The molecule has 0 heterocycles. The maximum absolute atomic E-state index is 11.7. The summed E-state index contributed by atoms with van der Waals surface area (Å²) < 4.78 is 0. The van der Waals surface area contributed by atoms with Crippen LogP contribution >= 0.6 is 0 Å². The molecule has 2 N–H and O–H groups in total. The zero-order chi connectivity index (χ0) is 11.5. The van der Waals surface area contributed by atoms with Gasteiger partial charge in [-0.3, -0.25) is 4.79 Å². The molecule has 0 radical (unpaired) electrons. The summed E-state index contributed by atoms with van der Waals surface area (Å²) in [5, 5.41) is 0. The second-order valence-electron chi connectivity index (χ2n) is 3.97. The van der Waals surface area contributed by atoms with Crippen LogP contribution < -0.4 is 5.73 Å². The van der Waals surface area contributed by atoms with Gasteiger partial charge >= 0.3 is 0 Å². The smallest absolute Gasteiger partial charge is 0.228 e. The van der Waals surface area contributed by atoms with Gasteiger partial charge in [-0.25, -0.2) is 0 Å². The van der Waals surface area contributed by atoms with Crippen molar-refractivity contribution in [3.8, 4) is 0 Å². The molecule has 0 aliphatic heterocycles. The molecule has 82 valence electrons. The number of carbonyl (C=O) groups is 1. The maximum atomic E-state index is 11.7. The quantitative estimate of drug-likeness (QED) is 0.806. The number of benzene rings is 1. The van der Waals surface area contributed by atoms with Gasteiger partial charge < -0.3 is 5.73 Å². The van der Waals surface area contributed by atoms with E-state index in [2.05, 4.69) is 0 Å². The fourth-order valence-corrected chi connectivity index (χ4v) is 2.22. The van der Waals surface area contributed by atoms with E-state index in [9.17, 15) is 4.79 Å². The molecule has 1 amide bonds. The molecule has 0 aliphatic rings. The molecule has 2 nitrogen and oxygen atoms in total. The number of amides is 1. The summed E-state index contributed by atoms with van der Waals surface area (Å²) in [6, 6.07) is 7.98. The molecule has 0 saturated heterocycles. The third kappa shape index (κ3) is 1.89.